The van der Waals surface area contributed by atoms with Crippen molar-refractivity contribution in [2.45, 2.75) is 32.2 Å². The van der Waals surface area contributed by atoms with Crippen LogP contribution in [0.2, 0.25) is 0 Å². The van der Waals surface area contributed by atoms with E-state index in [1.165, 1.54) is 13.8 Å². The molecular formula is C19H19F3N4O3. The maximum absolute atomic E-state index is 14.9. The number of carbonyl (C=O) groups is 2. The van der Waals surface area contributed by atoms with Crippen LogP contribution >= 0.6 is 0 Å². The van der Waals surface area contributed by atoms with Gasteiger partial charge in [-0.15, -0.1) is 0 Å². The highest BCUT2D eigenvalue weighted by Crippen LogP contribution is 2.38. The molecule has 29 heavy (non-hydrogen) atoms. The molecule has 1 aliphatic heterocycles. The first kappa shape index (κ1) is 20.5. The maximum atomic E-state index is 14.9. The summed E-state index contributed by atoms with van der Waals surface area (Å²) < 4.78 is 44.3. The Labute approximate surface area is 164 Å². The van der Waals surface area contributed by atoms with Crippen molar-refractivity contribution in [3.63, 3.8) is 0 Å². The van der Waals surface area contributed by atoms with Gasteiger partial charge in [-0.05, 0) is 25.8 Å². The maximum Gasteiger partial charge on any atom is 0.296 e. The van der Waals surface area contributed by atoms with Crippen LogP contribution in [0.15, 0.2) is 6.07 Å². The van der Waals surface area contributed by atoms with E-state index in [0.29, 0.717) is 0 Å². The fraction of sp³-hybridized carbons (Fsp3) is 0.368. The van der Waals surface area contributed by atoms with Crippen molar-refractivity contribution < 1.29 is 27.9 Å². The van der Waals surface area contributed by atoms with Gasteiger partial charge in [0, 0.05) is 18.7 Å². The van der Waals surface area contributed by atoms with Gasteiger partial charge in [0.15, 0.2) is 5.82 Å². The number of primary amides is 1. The lowest BCUT2D eigenvalue weighted by molar-refractivity contribution is -0.120. The molecule has 154 valence electrons. The summed E-state index contributed by atoms with van der Waals surface area (Å²) in [7, 11) is 0. The molecule has 0 spiro atoms. The van der Waals surface area contributed by atoms with E-state index >= 15 is 0 Å². The number of nitrogens with one attached hydrogen (secondary N) is 2. The summed E-state index contributed by atoms with van der Waals surface area (Å²) in [6, 6.07) is -0.0855. The van der Waals surface area contributed by atoms with Crippen molar-refractivity contribution in [2.75, 3.05) is 18.0 Å². The molecule has 2 atom stereocenters. The van der Waals surface area contributed by atoms with Gasteiger partial charge in [-0.25, -0.2) is 13.2 Å². The Morgan fingerprint density at radius 2 is 2.14 bits per heavy atom. The summed E-state index contributed by atoms with van der Waals surface area (Å²) in [6.45, 7) is 2.05. The van der Waals surface area contributed by atoms with Crippen LogP contribution in [-0.4, -0.2) is 46.9 Å². The van der Waals surface area contributed by atoms with Gasteiger partial charge in [0.1, 0.15) is 5.82 Å². The average Bonchev–Trinajstić information content (AvgIpc) is 2.88. The number of piperidine rings is 1. The van der Waals surface area contributed by atoms with E-state index in [2.05, 4.69) is 22.1 Å². The quantitative estimate of drug-likeness (QED) is 0.573. The lowest BCUT2D eigenvalue weighted by Gasteiger charge is -2.40. The first-order valence-electron chi connectivity index (χ1n) is 8.73. The Kier molecular flexibility index (Phi) is 5.19. The summed E-state index contributed by atoms with van der Waals surface area (Å²) in [5.41, 5.74) is 4.66. The van der Waals surface area contributed by atoms with E-state index in [-0.39, 0.29) is 34.4 Å². The molecular weight excluding hydrogens is 389 g/mol. The zero-order valence-electron chi connectivity index (χ0n) is 15.7. The number of aromatic amines is 1. The Morgan fingerprint density at radius 3 is 2.76 bits per heavy atom. The molecule has 2 aromatic rings. The molecule has 2 heterocycles. The number of halogens is 3. The van der Waals surface area contributed by atoms with E-state index in [0.717, 1.165) is 11.0 Å². The fourth-order valence-electron chi connectivity index (χ4n) is 3.65. The number of nitrogens with two attached hydrogens (primary N) is 1. The second-order valence-electron chi connectivity index (χ2n) is 6.98. The van der Waals surface area contributed by atoms with Gasteiger partial charge < -0.3 is 26.0 Å². The lowest BCUT2D eigenvalue weighted by atomic mass is 9.98. The first-order valence-corrected chi connectivity index (χ1v) is 8.73. The smallest absolute Gasteiger partial charge is 0.296 e. The van der Waals surface area contributed by atoms with Crippen LogP contribution < -0.4 is 16.0 Å². The number of β-amino-alcohol motifs (C(OH)–C–C–N with tert-alkyl or cyclic N) is 1. The van der Waals surface area contributed by atoms with Crippen LogP contribution in [0.4, 0.5) is 18.9 Å². The second kappa shape index (κ2) is 7.33. The topological polar surface area (TPSA) is 111 Å². The number of hydrogen-bond donors (Lipinski definition) is 4. The van der Waals surface area contributed by atoms with Crippen LogP contribution in [0.25, 0.3) is 10.9 Å². The molecule has 1 unspecified atom stereocenters. The van der Waals surface area contributed by atoms with Crippen molar-refractivity contribution in [3.8, 4) is 11.8 Å². The SMILES string of the molecule is CC#CC(=O)N[C@@H]1CN(c2c(F)cc(C(N)=O)c3[nH]c(C)c(F)c23)CC(O)(F)C1. The highest BCUT2D eigenvalue weighted by Gasteiger charge is 2.41. The summed E-state index contributed by atoms with van der Waals surface area (Å²) in [4.78, 5) is 27.1. The number of aliphatic hydroxyl groups is 1. The molecule has 7 nitrogen and oxygen atoms in total. The van der Waals surface area contributed by atoms with E-state index in [9.17, 15) is 27.9 Å². The monoisotopic (exact) mass is 408 g/mol. The summed E-state index contributed by atoms with van der Waals surface area (Å²) in [5.74, 6) is -1.65. The van der Waals surface area contributed by atoms with E-state index in [4.69, 9.17) is 5.73 Å². The van der Waals surface area contributed by atoms with Gasteiger partial charge in [-0.2, -0.15) is 0 Å². The van der Waals surface area contributed by atoms with Crippen molar-refractivity contribution in [2.24, 2.45) is 5.73 Å². The third-order valence-corrected chi connectivity index (χ3v) is 4.70. The molecule has 2 amide bonds. The average molecular weight is 408 g/mol. The van der Waals surface area contributed by atoms with Crippen LogP contribution in [0.5, 0.6) is 0 Å². The fourth-order valence-corrected chi connectivity index (χ4v) is 3.65. The van der Waals surface area contributed by atoms with Crippen LogP contribution in [0, 0.1) is 30.4 Å². The van der Waals surface area contributed by atoms with Crippen LogP contribution in [0.3, 0.4) is 0 Å². The molecule has 0 aliphatic carbocycles. The standard InChI is InChI=1S/C19H19F3N4O3/c1-3-4-13(27)25-10-6-19(22,29)8-26(7-10)17-12(20)5-11(18(23)28)16-14(17)15(21)9(2)24-16/h5,10,24,29H,6-8H2,1-2H3,(H2,23,28)(H,25,27)/t10-,19?/m0/s1. The van der Waals surface area contributed by atoms with Crippen molar-refractivity contribution in [3.05, 3.63) is 29.0 Å². The molecule has 3 rings (SSSR count). The van der Waals surface area contributed by atoms with E-state index in [1.54, 1.807) is 0 Å². The summed E-state index contributed by atoms with van der Waals surface area (Å²) >= 11 is 0. The minimum Gasteiger partial charge on any atom is -0.366 e. The Bertz CT molecular complexity index is 1070. The number of nitrogens with zero attached hydrogens (tertiary/aromatic N) is 1. The minimum atomic E-state index is -2.78. The molecule has 1 saturated heterocycles. The predicted octanol–water partition coefficient (Wildman–Crippen LogP) is 1.23. The van der Waals surface area contributed by atoms with E-state index < -0.39 is 48.3 Å². The largest absolute Gasteiger partial charge is 0.366 e. The highest BCUT2D eigenvalue weighted by molar-refractivity contribution is 6.09. The molecule has 1 aliphatic rings. The number of hydrogen-bond acceptors (Lipinski definition) is 4. The first-order chi connectivity index (χ1) is 13.5. The number of fused-ring (bicyclic) bond motifs is 1. The van der Waals surface area contributed by atoms with Gasteiger partial charge in [0.05, 0.1) is 34.7 Å². The number of anilines is 1. The number of alkyl halides is 1. The van der Waals surface area contributed by atoms with Crippen molar-refractivity contribution in [1.82, 2.24) is 10.3 Å². The van der Waals surface area contributed by atoms with Gasteiger partial charge in [-0.3, -0.25) is 9.59 Å². The van der Waals surface area contributed by atoms with Crippen LogP contribution in [-0.2, 0) is 4.79 Å². The molecule has 5 N–H and O–H groups in total. The zero-order chi connectivity index (χ0) is 21.5. The van der Waals surface area contributed by atoms with Crippen LogP contribution in [0.1, 0.15) is 29.4 Å². The molecule has 0 saturated carbocycles. The summed E-state index contributed by atoms with van der Waals surface area (Å²) in [6.07, 6.45) is -0.445. The van der Waals surface area contributed by atoms with Gasteiger partial charge in [0.2, 0.25) is 5.85 Å². The zero-order valence-corrected chi connectivity index (χ0v) is 15.7. The molecule has 1 fully saturated rings. The van der Waals surface area contributed by atoms with Crippen molar-refractivity contribution in [1.29, 1.82) is 0 Å². The number of amides is 2. The number of aromatic nitrogens is 1. The highest BCUT2D eigenvalue weighted by atomic mass is 19.2. The van der Waals surface area contributed by atoms with Gasteiger partial charge in [-0.1, -0.05) is 5.92 Å². The Balaban J connectivity index is 2.12. The Hall–Kier alpha value is -3.19. The van der Waals surface area contributed by atoms with Gasteiger partial charge >= 0.3 is 0 Å². The molecule has 10 heteroatoms. The molecule has 1 aromatic heterocycles. The van der Waals surface area contributed by atoms with Gasteiger partial charge in [0.25, 0.3) is 11.8 Å². The number of H-pyrrole nitrogens is 1. The summed E-state index contributed by atoms with van der Waals surface area (Å²) in [5, 5.41) is 12.2. The molecule has 0 radical (unpaired) electrons. The number of benzene rings is 1. The number of aryl methyl sites for hydroxylation is 1. The van der Waals surface area contributed by atoms with Crippen molar-refractivity contribution >= 4 is 28.4 Å². The third kappa shape index (κ3) is 3.86. The molecule has 1 aromatic carbocycles. The second-order valence-corrected chi connectivity index (χ2v) is 6.98. The minimum absolute atomic E-state index is 0.0324. The van der Waals surface area contributed by atoms with E-state index in [1.807, 2.05) is 0 Å². The predicted molar refractivity (Wildman–Crippen MR) is 99.7 cm³/mol. The number of carbonyl (C=O) groups excluding carboxylic acids is 2. The lowest BCUT2D eigenvalue weighted by Crippen LogP contribution is -2.57. The Morgan fingerprint density at radius 1 is 1.45 bits per heavy atom. The third-order valence-electron chi connectivity index (χ3n) is 4.70. The normalized spacial score (nSPS) is 21.6. The number of rotatable bonds is 3. The molecule has 0 bridgehead atoms.